The van der Waals surface area contributed by atoms with Crippen LogP contribution in [-0.2, 0) is 0 Å². The monoisotopic (exact) mass is 342 g/mol. The highest BCUT2D eigenvalue weighted by molar-refractivity contribution is 5.90. The second-order valence-corrected chi connectivity index (χ2v) is 5.96. The molecule has 1 aromatic carbocycles. The fraction of sp³-hybridized carbons (Fsp3) is 0.333. The van der Waals surface area contributed by atoms with Crippen LogP contribution in [0.1, 0.15) is 5.56 Å². The number of hydrogen-bond acceptors (Lipinski definition) is 5. The van der Waals surface area contributed by atoms with Gasteiger partial charge < -0.3 is 25.0 Å². The Hall–Kier alpha value is -2.96. The minimum Gasteiger partial charge on any atom is -0.506 e. The van der Waals surface area contributed by atoms with Gasteiger partial charge in [-0.25, -0.2) is 9.78 Å². The van der Waals surface area contributed by atoms with E-state index >= 15 is 0 Å². The fourth-order valence-corrected chi connectivity index (χ4v) is 2.89. The van der Waals surface area contributed by atoms with Crippen molar-refractivity contribution in [1.29, 1.82) is 0 Å². The number of carbonyl (C=O) groups excluding carboxylic acids is 1. The van der Waals surface area contributed by atoms with Crippen molar-refractivity contribution in [2.75, 3.05) is 43.5 Å². The number of pyridine rings is 1. The number of anilines is 2. The average molecular weight is 342 g/mol. The first-order valence-corrected chi connectivity index (χ1v) is 8.18. The molecule has 7 nitrogen and oxygen atoms in total. The normalized spacial score (nSPS) is 14.3. The van der Waals surface area contributed by atoms with E-state index in [4.69, 9.17) is 4.74 Å². The maximum absolute atomic E-state index is 12.5. The molecule has 0 bridgehead atoms. The molecule has 2 N–H and O–H groups in total. The lowest BCUT2D eigenvalue weighted by Gasteiger charge is -2.36. The molecule has 0 spiro atoms. The van der Waals surface area contributed by atoms with Gasteiger partial charge in [0.2, 0.25) is 5.88 Å². The van der Waals surface area contributed by atoms with Crippen LogP contribution in [0.2, 0.25) is 0 Å². The summed E-state index contributed by atoms with van der Waals surface area (Å²) in [5.41, 5.74) is 2.31. The van der Waals surface area contributed by atoms with Crippen molar-refractivity contribution in [2.24, 2.45) is 0 Å². The SMILES string of the molecule is COc1ncc(C)cc1NC(=O)N1CCN(c2ccccc2O)CC1. The summed E-state index contributed by atoms with van der Waals surface area (Å²) in [5.74, 6) is 0.655. The minimum atomic E-state index is -0.178. The maximum Gasteiger partial charge on any atom is 0.322 e. The van der Waals surface area contributed by atoms with E-state index in [0.717, 1.165) is 11.3 Å². The predicted octanol–water partition coefficient (Wildman–Crippen LogP) is 2.46. The molecule has 2 heterocycles. The van der Waals surface area contributed by atoms with Gasteiger partial charge in [-0.2, -0.15) is 0 Å². The van der Waals surface area contributed by atoms with Gasteiger partial charge in [-0.05, 0) is 30.7 Å². The lowest BCUT2D eigenvalue weighted by atomic mass is 10.2. The van der Waals surface area contributed by atoms with E-state index in [1.165, 1.54) is 7.11 Å². The highest BCUT2D eigenvalue weighted by Crippen LogP contribution is 2.27. The molecular weight excluding hydrogens is 320 g/mol. The zero-order chi connectivity index (χ0) is 17.8. The quantitative estimate of drug-likeness (QED) is 0.896. The third-order valence-corrected chi connectivity index (χ3v) is 4.21. The van der Waals surface area contributed by atoms with Crippen molar-refractivity contribution >= 4 is 17.4 Å². The van der Waals surface area contributed by atoms with Crippen LogP contribution in [-0.4, -0.2) is 54.3 Å². The first-order chi connectivity index (χ1) is 12.1. The first-order valence-electron chi connectivity index (χ1n) is 8.18. The molecule has 25 heavy (non-hydrogen) atoms. The number of carbonyl (C=O) groups is 1. The summed E-state index contributed by atoms with van der Waals surface area (Å²) in [7, 11) is 1.53. The van der Waals surface area contributed by atoms with Gasteiger partial charge in [0.05, 0.1) is 12.8 Å². The molecule has 1 fully saturated rings. The maximum atomic E-state index is 12.5. The van der Waals surface area contributed by atoms with Crippen LogP contribution in [0.3, 0.4) is 0 Å². The lowest BCUT2D eigenvalue weighted by molar-refractivity contribution is 0.208. The van der Waals surface area contributed by atoms with Crippen LogP contribution in [0.5, 0.6) is 11.6 Å². The average Bonchev–Trinajstić information content (AvgIpc) is 2.62. The largest absolute Gasteiger partial charge is 0.506 e. The number of nitrogens with one attached hydrogen (secondary N) is 1. The number of methoxy groups -OCH3 is 1. The number of aromatic nitrogens is 1. The molecule has 7 heteroatoms. The van der Waals surface area contributed by atoms with Crippen LogP contribution in [0.15, 0.2) is 36.5 Å². The summed E-state index contributed by atoms with van der Waals surface area (Å²) in [6.45, 7) is 4.37. The number of piperazine rings is 1. The zero-order valence-corrected chi connectivity index (χ0v) is 14.4. The smallest absolute Gasteiger partial charge is 0.322 e. The van der Waals surface area contributed by atoms with Crippen molar-refractivity contribution < 1.29 is 14.6 Å². The van der Waals surface area contributed by atoms with E-state index in [-0.39, 0.29) is 11.8 Å². The Balaban J connectivity index is 1.62. The van der Waals surface area contributed by atoms with Gasteiger partial charge in [0.1, 0.15) is 11.4 Å². The molecule has 1 aromatic heterocycles. The first kappa shape index (κ1) is 16.9. The zero-order valence-electron chi connectivity index (χ0n) is 14.4. The van der Waals surface area contributed by atoms with Crippen LogP contribution < -0.4 is 15.0 Å². The Bertz CT molecular complexity index is 758. The van der Waals surface area contributed by atoms with Gasteiger partial charge in [-0.15, -0.1) is 0 Å². The van der Waals surface area contributed by atoms with Crippen molar-refractivity contribution in [1.82, 2.24) is 9.88 Å². The Kier molecular flexibility index (Phi) is 4.92. The van der Waals surface area contributed by atoms with Crippen LogP contribution >= 0.6 is 0 Å². The topological polar surface area (TPSA) is 77.9 Å². The molecule has 1 aliphatic heterocycles. The number of phenols is 1. The molecule has 2 amide bonds. The van der Waals surface area contributed by atoms with Gasteiger partial charge in [-0.1, -0.05) is 12.1 Å². The standard InChI is InChI=1S/C18H22N4O3/c1-13-11-14(17(25-2)19-12-13)20-18(24)22-9-7-21(8-10-22)15-5-3-4-6-16(15)23/h3-6,11-12,23H,7-10H2,1-2H3,(H,20,24). The van der Waals surface area contributed by atoms with Crippen molar-refractivity contribution in [3.05, 3.63) is 42.1 Å². The number of nitrogens with zero attached hydrogens (tertiary/aromatic N) is 3. The number of para-hydroxylation sites is 2. The molecule has 3 rings (SSSR count). The molecule has 0 radical (unpaired) electrons. The van der Waals surface area contributed by atoms with Gasteiger partial charge >= 0.3 is 6.03 Å². The Morgan fingerprint density at radius 1 is 1.24 bits per heavy atom. The number of rotatable bonds is 3. The van der Waals surface area contributed by atoms with E-state index in [2.05, 4.69) is 15.2 Å². The van der Waals surface area contributed by atoms with E-state index in [0.29, 0.717) is 37.7 Å². The second-order valence-electron chi connectivity index (χ2n) is 5.96. The second kappa shape index (κ2) is 7.29. The highest BCUT2D eigenvalue weighted by atomic mass is 16.5. The molecular formula is C18H22N4O3. The highest BCUT2D eigenvalue weighted by Gasteiger charge is 2.23. The number of ether oxygens (including phenoxy) is 1. The summed E-state index contributed by atoms with van der Waals surface area (Å²) in [6, 6.07) is 8.90. The van der Waals surface area contributed by atoms with Crippen molar-refractivity contribution in [3.8, 4) is 11.6 Å². The molecule has 0 saturated carbocycles. The number of phenolic OH excluding ortho intramolecular Hbond substituents is 1. The third kappa shape index (κ3) is 3.76. The number of aromatic hydroxyl groups is 1. The van der Waals surface area contributed by atoms with E-state index in [1.54, 1.807) is 23.2 Å². The summed E-state index contributed by atoms with van der Waals surface area (Å²) in [6.07, 6.45) is 1.69. The van der Waals surface area contributed by atoms with Crippen LogP contribution in [0.4, 0.5) is 16.2 Å². The van der Waals surface area contributed by atoms with Gasteiger partial charge in [0, 0.05) is 32.4 Å². The summed E-state index contributed by atoms with van der Waals surface area (Å²) < 4.78 is 5.20. The molecule has 0 atom stereocenters. The number of benzene rings is 1. The summed E-state index contributed by atoms with van der Waals surface area (Å²) in [5, 5.41) is 12.8. The van der Waals surface area contributed by atoms with E-state index < -0.39 is 0 Å². The minimum absolute atomic E-state index is 0.178. The van der Waals surface area contributed by atoms with Gasteiger partial charge in [0.15, 0.2) is 0 Å². The van der Waals surface area contributed by atoms with Gasteiger partial charge in [-0.3, -0.25) is 0 Å². The van der Waals surface area contributed by atoms with E-state index in [9.17, 15) is 9.90 Å². The fourth-order valence-electron chi connectivity index (χ4n) is 2.89. The molecule has 0 aliphatic carbocycles. The van der Waals surface area contributed by atoms with Crippen LogP contribution in [0.25, 0.3) is 0 Å². The Labute approximate surface area is 146 Å². The molecule has 2 aromatic rings. The Morgan fingerprint density at radius 2 is 1.96 bits per heavy atom. The molecule has 1 aliphatic rings. The Morgan fingerprint density at radius 3 is 2.64 bits per heavy atom. The van der Waals surface area contributed by atoms with Crippen molar-refractivity contribution in [3.63, 3.8) is 0 Å². The lowest BCUT2D eigenvalue weighted by Crippen LogP contribution is -2.50. The molecule has 132 valence electrons. The van der Waals surface area contributed by atoms with E-state index in [1.807, 2.05) is 25.1 Å². The molecule has 0 unspecified atom stereocenters. The summed E-state index contributed by atoms with van der Waals surface area (Å²) in [4.78, 5) is 20.5. The number of hydrogen-bond donors (Lipinski definition) is 2. The number of urea groups is 1. The number of amides is 2. The van der Waals surface area contributed by atoms with Crippen LogP contribution in [0, 0.1) is 6.92 Å². The predicted molar refractivity (Wildman–Crippen MR) is 96.4 cm³/mol. The summed E-state index contributed by atoms with van der Waals surface area (Å²) >= 11 is 0. The third-order valence-electron chi connectivity index (χ3n) is 4.21. The van der Waals surface area contributed by atoms with Crippen molar-refractivity contribution in [2.45, 2.75) is 6.92 Å². The van der Waals surface area contributed by atoms with Gasteiger partial charge in [0.25, 0.3) is 0 Å². The number of aryl methyl sites for hydroxylation is 1. The molecule has 1 saturated heterocycles.